The van der Waals surface area contributed by atoms with Crippen LogP contribution in [0.2, 0.25) is 0 Å². The molecule has 2 rings (SSSR count). The second-order valence-electron chi connectivity index (χ2n) is 8.29. The van der Waals surface area contributed by atoms with Gasteiger partial charge in [-0.1, -0.05) is 25.8 Å². The molecule has 0 bridgehead atoms. The van der Waals surface area contributed by atoms with E-state index in [9.17, 15) is 14.7 Å². The number of esters is 1. The van der Waals surface area contributed by atoms with E-state index in [1.165, 1.54) is 6.92 Å². The SMILES string of the molecule is CCCCCC(C=C[C@@H]1[C@@H]2CC(OCCCC(=O)O)C[C@H]2C[C@H]1O)OC(C)=O. The first-order chi connectivity index (χ1) is 13.4. The van der Waals surface area contributed by atoms with Crippen LogP contribution >= 0.6 is 0 Å². The molecule has 2 aliphatic rings. The van der Waals surface area contributed by atoms with Gasteiger partial charge in [-0.3, -0.25) is 9.59 Å². The second-order valence-corrected chi connectivity index (χ2v) is 8.29. The Morgan fingerprint density at radius 3 is 2.64 bits per heavy atom. The average Bonchev–Trinajstić information content (AvgIpc) is 3.12. The van der Waals surface area contributed by atoms with E-state index in [4.69, 9.17) is 14.6 Å². The molecule has 0 saturated heterocycles. The molecular formula is C22H36O6. The Hall–Kier alpha value is -1.40. The third-order valence-electron chi connectivity index (χ3n) is 6.04. The fourth-order valence-electron chi connectivity index (χ4n) is 4.74. The van der Waals surface area contributed by atoms with Crippen molar-refractivity contribution in [2.24, 2.45) is 17.8 Å². The number of hydrogen-bond donors (Lipinski definition) is 2. The Labute approximate surface area is 168 Å². The maximum Gasteiger partial charge on any atom is 0.303 e. The van der Waals surface area contributed by atoms with Gasteiger partial charge in [0.05, 0.1) is 12.2 Å². The molecule has 0 heterocycles. The summed E-state index contributed by atoms with van der Waals surface area (Å²) in [5.41, 5.74) is 0. The van der Waals surface area contributed by atoms with Crippen LogP contribution in [0.4, 0.5) is 0 Å². The molecule has 28 heavy (non-hydrogen) atoms. The van der Waals surface area contributed by atoms with Gasteiger partial charge in [-0.15, -0.1) is 0 Å². The third-order valence-corrected chi connectivity index (χ3v) is 6.04. The molecule has 6 heteroatoms. The summed E-state index contributed by atoms with van der Waals surface area (Å²) >= 11 is 0. The molecular weight excluding hydrogens is 360 g/mol. The molecule has 6 atom stereocenters. The summed E-state index contributed by atoms with van der Waals surface area (Å²) in [7, 11) is 0. The molecule has 0 radical (unpaired) electrons. The number of rotatable bonds is 12. The summed E-state index contributed by atoms with van der Waals surface area (Å²) in [4.78, 5) is 22.0. The maximum atomic E-state index is 11.4. The van der Waals surface area contributed by atoms with Crippen LogP contribution in [0.3, 0.4) is 0 Å². The van der Waals surface area contributed by atoms with Crippen molar-refractivity contribution >= 4 is 11.9 Å². The van der Waals surface area contributed by atoms with Gasteiger partial charge in [0.2, 0.25) is 0 Å². The van der Waals surface area contributed by atoms with Crippen molar-refractivity contribution in [1.82, 2.24) is 0 Å². The molecule has 0 aliphatic heterocycles. The van der Waals surface area contributed by atoms with E-state index in [0.29, 0.717) is 24.9 Å². The highest BCUT2D eigenvalue weighted by Crippen LogP contribution is 2.49. The first-order valence-electron chi connectivity index (χ1n) is 10.8. The van der Waals surface area contributed by atoms with E-state index in [2.05, 4.69) is 13.0 Å². The van der Waals surface area contributed by atoms with E-state index < -0.39 is 5.97 Å². The van der Waals surface area contributed by atoms with Crippen LogP contribution in [0.1, 0.15) is 71.6 Å². The lowest BCUT2D eigenvalue weighted by Crippen LogP contribution is -2.21. The minimum absolute atomic E-state index is 0.0712. The summed E-state index contributed by atoms with van der Waals surface area (Å²) in [5, 5.41) is 19.2. The molecule has 0 aromatic heterocycles. The molecule has 2 fully saturated rings. The third kappa shape index (κ3) is 7.21. The van der Waals surface area contributed by atoms with Crippen LogP contribution in [0.15, 0.2) is 12.2 Å². The highest BCUT2D eigenvalue weighted by molar-refractivity contribution is 5.66. The zero-order chi connectivity index (χ0) is 20.5. The van der Waals surface area contributed by atoms with E-state index in [1.54, 1.807) is 0 Å². The minimum atomic E-state index is -0.790. The highest BCUT2D eigenvalue weighted by atomic mass is 16.5. The molecule has 0 aromatic carbocycles. The molecule has 0 spiro atoms. The molecule has 160 valence electrons. The normalized spacial score (nSPS) is 30.5. The largest absolute Gasteiger partial charge is 0.481 e. The van der Waals surface area contributed by atoms with E-state index in [0.717, 1.165) is 44.9 Å². The summed E-state index contributed by atoms with van der Waals surface area (Å²) in [6.45, 7) is 4.06. The Morgan fingerprint density at radius 1 is 1.18 bits per heavy atom. The van der Waals surface area contributed by atoms with Gasteiger partial charge in [-0.25, -0.2) is 0 Å². The van der Waals surface area contributed by atoms with Crippen molar-refractivity contribution in [2.75, 3.05) is 6.61 Å². The fraction of sp³-hybridized carbons (Fsp3) is 0.818. The zero-order valence-corrected chi connectivity index (χ0v) is 17.2. The van der Waals surface area contributed by atoms with Gasteiger partial charge in [-0.2, -0.15) is 0 Å². The van der Waals surface area contributed by atoms with Gasteiger partial charge in [0, 0.05) is 25.9 Å². The van der Waals surface area contributed by atoms with Crippen LogP contribution < -0.4 is 0 Å². The molecule has 2 unspecified atom stereocenters. The predicted molar refractivity (Wildman–Crippen MR) is 106 cm³/mol. The molecule has 2 N–H and O–H groups in total. The lowest BCUT2D eigenvalue weighted by atomic mass is 9.90. The van der Waals surface area contributed by atoms with Crippen molar-refractivity contribution in [3.63, 3.8) is 0 Å². The number of carbonyl (C=O) groups is 2. The number of carboxylic acids is 1. The first-order valence-corrected chi connectivity index (χ1v) is 10.8. The van der Waals surface area contributed by atoms with Crippen molar-refractivity contribution in [2.45, 2.75) is 89.9 Å². The first kappa shape index (κ1) is 22.9. The smallest absolute Gasteiger partial charge is 0.303 e. The Kier molecular flexibility index (Phi) is 9.45. The predicted octanol–water partition coefficient (Wildman–Crippen LogP) is 3.71. The van der Waals surface area contributed by atoms with E-state index in [-0.39, 0.29) is 36.6 Å². The van der Waals surface area contributed by atoms with Crippen molar-refractivity contribution in [3.05, 3.63) is 12.2 Å². The summed E-state index contributed by atoms with van der Waals surface area (Å²) in [6.07, 6.45) is 11.0. The maximum absolute atomic E-state index is 11.4. The topological polar surface area (TPSA) is 93.1 Å². The molecule has 6 nitrogen and oxygen atoms in total. The molecule has 2 saturated carbocycles. The standard InChI is InChI=1S/C22H36O6/c1-3-4-5-7-17(28-15(2)23)9-10-19-20-14-18(12-16(20)13-21(19)24)27-11-6-8-22(25)26/h9-10,16-21,24H,3-8,11-14H2,1-2H3,(H,25,26)/t16-,17?,18?,19+,20+,21+/m0/s1. The van der Waals surface area contributed by atoms with Crippen LogP contribution in [-0.2, 0) is 19.1 Å². The number of carbonyl (C=O) groups excluding carboxylic acids is 1. The Balaban J connectivity index is 1.86. The number of aliphatic carboxylic acids is 1. The number of fused-ring (bicyclic) bond motifs is 1. The monoisotopic (exact) mass is 396 g/mol. The molecule has 0 amide bonds. The Bertz CT molecular complexity index is 531. The number of hydrogen-bond acceptors (Lipinski definition) is 5. The molecule has 2 aliphatic carbocycles. The van der Waals surface area contributed by atoms with Gasteiger partial charge in [0.1, 0.15) is 6.10 Å². The van der Waals surface area contributed by atoms with Crippen LogP contribution in [0.25, 0.3) is 0 Å². The van der Waals surface area contributed by atoms with Crippen LogP contribution in [0, 0.1) is 17.8 Å². The lowest BCUT2D eigenvalue weighted by molar-refractivity contribution is -0.144. The van der Waals surface area contributed by atoms with Gasteiger partial charge in [0.25, 0.3) is 0 Å². The summed E-state index contributed by atoms with van der Waals surface area (Å²) < 4.78 is 11.3. The van der Waals surface area contributed by atoms with E-state index in [1.807, 2.05) is 6.08 Å². The second kappa shape index (κ2) is 11.6. The zero-order valence-electron chi connectivity index (χ0n) is 17.2. The van der Waals surface area contributed by atoms with Gasteiger partial charge >= 0.3 is 11.9 Å². The fourth-order valence-corrected chi connectivity index (χ4v) is 4.74. The minimum Gasteiger partial charge on any atom is -0.481 e. The number of aliphatic hydroxyl groups excluding tert-OH is 1. The average molecular weight is 397 g/mol. The lowest BCUT2D eigenvalue weighted by Gasteiger charge is -2.20. The van der Waals surface area contributed by atoms with Gasteiger partial charge in [-0.05, 0) is 56.4 Å². The Morgan fingerprint density at radius 2 is 1.96 bits per heavy atom. The number of aliphatic hydroxyl groups is 1. The van der Waals surface area contributed by atoms with E-state index >= 15 is 0 Å². The van der Waals surface area contributed by atoms with Crippen molar-refractivity contribution < 1.29 is 29.3 Å². The van der Waals surface area contributed by atoms with Gasteiger partial charge in [0.15, 0.2) is 0 Å². The highest BCUT2D eigenvalue weighted by Gasteiger charge is 2.47. The molecule has 0 aromatic rings. The van der Waals surface area contributed by atoms with Crippen molar-refractivity contribution in [1.29, 1.82) is 0 Å². The van der Waals surface area contributed by atoms with Crippen LogP contribution in [-0.4, -0.2) is 47.1 Å². The number of ether oxygens (including phenoxy) is 2. The van der Waals surface area contributed by atoms with Crippen LogP contribution in [0.5, 0.6) is 0 Å². The quantitative estimate of drug-likeness (QED) is 0.297. The number of carboxylic acid groups (broad SMARTS) is 1. The van der Waals surface area contributed by atoms with Crippen molar-refractivity contribution in [3.8, 4) is 0 Å². The van der Waals surface area contributed by atoms with Gasteiger partial charge < -0.3 is 19.7 Å². The summed E-state index contributed by atoms with van der Waals surface area (Å²) in [5.74, 6) is -0.166. The summed E-state index contributed by atoms with van der Waals surface area (Å²) in [6, 6.07) is 0. The number of unbranched alkanes of at least 4 members (excludes halogenated alkanes) is 2.